The van der Waals surface area contributed by atoms with E-state index in [2.05, 4.69) is 5.32 Å². The van der Waals surface area contributed by atoms with Gasteiger partial charge in [0.2, 0.25) is 12.7 Å². The first-order valence-corrected chi connectivity index (χ1v) is 7.80. The Balaban J connectivity index is 1.85. The number of nitrogens with zero attached hydrogens (tertiary/aromatic N) is 1. The number of carbonyl (C=O) groups excluding carboxylic acids is 2. The van der Waals surface area contributed by atoms with Crippen LogP contribution in [0.15, 0.2) is 18.2 Å². The van der Waals surface area contributed by atoms with Gasteiger partial charge in [0.15, 0.2) is 11.5 Å². The molecular weight excluding hydrogens is 341 g/mol. The largest absolute Gasteiger partial charge is 0.454 e. The topological polar surface area (TPSA) is 67.9 Å². The smallest absolute Gasteiger partial charge is 0.408 e. The van der Waals surface area contributed by atoms with Crippen molar-refractivity contribution in [1.82, 2.24) is 10.2 Å². The third-order valence-corrected chi connectivity index (χ3v) is 4.25. The van der Waals surface area contributed by atoms with Crippen LogP contribution in [0.4, 0.5) is 13.2 Å². The summed E-state index contributed by atoms with van der Waals surface area (Å²) in [5, 5.41) is 2.59. The monoisotopic (exact) mass is 358 g/mol. The number of halogens is 3. The molecule has 0 aliphatic carbocycles. The normalized spacial score (nSPS) is 22.6. The van der Waals surface area contributed by atoms with Gasteiger partial charge >= 0.3 is 6.18 Å². The third kappa shape index (κ3) is 3.64. The fourth-order valence-corrected chi connectivity index (χ4v) is 3.14. The van der Waals surface area contributed by atoms with Gasteiger partial charge in [-0.2, -0.15) is 13.2 Å². The summed E-state index contributed by atoms with van der Waals surface area (Å²) >= 11 is 0. The first kappa shape index (κ1) is 17.4. The Kier molecular flexibility index (Phi) is 4.49. The average molecular weight is 358 g/mol. The lowest BCUT2D eigenvalue weighted by molar-refractivity contribution is -0.184. The Morgan fingerprint density at radius 3 is 2.60 bits per heavy atom. The second-order valence-electron chi connectivity index (χ2n) is 6.06. The molecule has 2 heterocycles. The van der Waals surface area contributed by atoms with Crippen LogP contribution in [0.25, 0.3) is 0 Å². The SMILES string of the molecule is CC(=O)NC1CCC(C(F)(F)F)N(C(=O)c2ccc3c(c2)OCO3)C1. The molecule has 3 rings (SSSR count). The lowest BCUT2D eigenvalue weighted by Crippen LogP contribution is -2.58. The molecule has 2 atom stereocenters. The summed E-state index contributed by atoms with van der Waals surface area (Å²) in [6.07, 6.45) is -4.63. The molecule has 1 aromatic carbocycles. The second kappa shape index (κ2) is 6.45. The van der Waals surface area contributed by atoms with Crippen LogP contribution in [0, 0.1) is 0 Å². The van der Waals surface area contributed by atoms with Gasteiger partial charge in [-0.1, -0.05) is 0 Å². The summed E-state index contributed by atoms with van der Waals surface area (Å²) in [7, 11) is 0. The van der Waals surface area contributed by atoms with Gasteiger partial charge in [0.25, 0.3) is 5.91 Å². The standard InChI is InChI=1S/C16H17F3N2O4/c1-9(22)20-11-3-5-14(16(17,18)19)21(7-11)15(23)10-2-4-12-13(6-10)25-8-24-12/h2,4,6,11,14H,3,5,7-8H2,1H3,(H,20,22). The lowest BCUT2D eigenvalue weighted by atomic mass is 9.96. The van der Waals surface area contributed by atoms with E-state index in [9.17, 15) is 22.8 Å². The number of piperidine rings is 1. The van der Waals surface area contributed by atoms with Gasteiger partial charge < -0.3 is 19.7 Å². The highest BCUT2D eigenvalue weighted by Gasteiger charge is 2.48. The number of hydrogen-bond donors (Lipinski definition) is 1. The number of benzene rings is 1. The van der Waals surface area contributed by atoms with E-state index in [-0.39, 0.29) is 37.6 Å². The van der Waals surface area contributed by atoms with Crippen LogP contribution in [0.1, 0.15) is 30.1 Å². The Morgan fingerprint density at radius 1 is 1.20 bits per heavy atom. The molecule has 6 nitrogen and oxygen atoms in total. The molecule has 0 spiro atoms. The number of likely N-dealkylation sites (tertiary alicyclic amines) is 1. The van der Waals surface area contributed by atoms with E-state index in [4.69, 9.17) is 9.47 Å². The fourth-order valence-electron chi connectivity index (χ4n) is 3.14. The zero-order valence-corrected chi connectivity index (χ0v) is 13.4. The number of ether oxygens (including phenoxy) is 2. The van der Waals surface area contributed by atoms with Crippen molar-refractivity contribution in [2.75, 3.05) is 13.3 Å². The van der Waals surface area contributed by atoms with Crippen LogP contribution >= 0.6 is 0 Å². The Bertz CT molecular complexity index is 692. The summed E-state index contributed by atoms with van der Waals surface area (Å²) < 4.78 is 50.4. The maximum atomic E-state index is 13.4. The number of carbonyl (C=O) groups is 2. The van der Waals surface area contributed by atoms with Crippen molar-refractivity contribution in [2.24, 2.45) is 0 Å². The molecule has 0 bridgehead atoms. The minimum Gasteiger partial charge on any atom is -0.454 e. The van der Waals surface area contributed by atoms with E-state index in [1.807, 2.05) is 0 Å². The molecule has 1 fully saturated rings. The van der Waals surface area contributed by atoms with Gasteiger partial charge in [-0.15, -0.1) is 0 Å². The molecule has 1 saturated heterocycles. The summed E-state index contributed by atoms with van der Waals surface area (Å²) in [4.78, 5) is 24.7. The van der Waals surface area contributed by atoms with Crippen molar-refractivity contribution in [2.45, 2.75) is 38.0 Å². The molecule has 1 N–H and O–H groups in total. The summed E-state index contributed by atoms with van der Waals surface area (Å²) in [5.74, 6) is -0.329. The number of hydrogen-bond acceptors (Lipinski definition) is 4. The molecule has 2 aliphatic heterocycles. The molecule has 0 aromatic heterocycles. The van der Waals surface area contributed by atoms with Crippen LogP contribution in [-0.2, 0) is 4.79 Å². The number of fused-ring (bicyclic) bond motifs is 1. The second-order valence-corrected chi connectivity index (χ2v) is 6.06. The van der Waals surface area contributed by atoms with Crippen LogP contribution in [0.5, 0.6) is 11.5 Å². The molecule has 1 aromatic rings. The average Bonchev–Trinajstić information content (AvgIpc) is 3.00. The predicted molar refractivity (Wildman–Crippen MR) is 80.3 cm³/mol. The van der Waals surface area contributed by atoms with Crippen molar-refractivity contribution >= 4 is 11.8 Å². The molecule has 2 unspecified atom stereocenters. The molecular formula is C16H17F3N2O4. The maximum absolute atomic E-state index is 13.4. The minimum atomic E-state index is -4.53. The Hall–Kier alpha value is -2.45. The number of nitrogens with one attached hydrogen (secondary N) is 1. The molecule has 2 amide bonds. The number of amides is 2. The maximum Gasteiger partial charge on any atom is 0.408 e. The van der Waals surface area contributed by atoms with Gasteiger partial charge in [0, 0.05) is 25.1 Å². The Morgan fingerprint density at radius 2 is 1.92 bits per heavy atom. The molecule has 9 heteroatoms. The highest BCUT2D eigenvalue weighted by Crippen LogP contribution is 2.36. The van der Waals surface area contributed by atoms with E-state index >= 15 is 0 Å². The first-order chi connectivity index (χ1) is 11.8. The molecule has 136 valence electrons. The van der Waals surface area contributed by atoms with Gasteiger partial charge in [0.05, 0.1) is 0 Å². The Labute approximate surface area is 141 Å². The summed E-state index contributed by atoms with van der Waals surface area (Å²) in [5.41, 5.74) is 0.0852. The van der Waals surface area contributed by atoms with Gasteiger partial charge in [0.1, 0.15) is 6.04 Å². The third-order valence-electron chi connectivity index (χ3n) is 4.25. The predicted octanol–water partition coefficient (Wildman–Crippen LogP) is 2.09. The first-order valence-electron chi connectivity index (χ1n) is 7.80. The summed E-state index contributed by atoms with van der Waals surface area (Å²) in [6, 6.07) is 1.89. The van der Waals surface area contributed by atoms with E-state index in [1.54, 1.807) is 0 Å². The zero-order chi connectivity index (χ0) is 18.2. The van der Waals surface area contributed by atoms with Crippen LogP contribution in [0.2, 0.25) is 0 Å². The molecule has 25 heavy (non-hydrogen) atoms. The van der Waals surface area contributed by atoms with E-state index in [0.29, 0.717) is 11.5 Å². The van der Waals surface area contributed by atoms with E-state index < -0.39 is 24.2 Å². The summed E-state index contributed by atoms with van der Waals surface area (Å²) in [6.45, 7) is 1.10. The fraction of sp³-hybridized carbons (Fsp3) is 0.500. The van der Waals surface area contributed by atoms with Gasteiger partial charge in [-0.05, 0) is 31.0 Å². The van der Waals surface area contributed by atoms with E-state index in [1.165, 1.54) is 25.1 Å². The molecule has 2 aliphatic rings. The van der Waals surface area contributed by atoms with Gasteiger partial charge in [-0.25, -0.2) is 0 Å². The number of rotatable bonds is 2. The zero-order valence-electron chi connectivity index (χ0n) is 13.4. The van der Waals surface area contributed by atoms with E-state index in [0.717, 1.165) is 4.90 Å². The van der Waals surface area contributed by atoms with Crippen molar-refractivity contribution in [3.05, 3.63) is 23.8 Å². The van der Waals surface area contributed by atoms with Crippen molar-refractivity contribution in [3.8, 4) is 11.5 Å². The van der Waals surface area contributed by atoms with Crippen molar-refractivity contribution in [3.63, 3.8) is 0 Å². The minimum absolute atomic E-state index is 0.00642. The highest BCUT2D eigenvalue weighted by molar-refractivity contribution is 5.95. The quantitative estimate of drug-likeness (QED) is 0.879. The highest BCUT2D eigenvalue weighted by atomic mass is 19.4. The lowest BCUT2D eigenvalue weighted by Gasteiger charge is -2.40. The molecule has 0 radical (unpaired) electrons. The van der Waals surface area contributed by atoms with Crippen molar-refractivity contribution < 1.29 is 32.2 Å². The van der Waals surface area contributed by atoms with Crippen LogP contribution in [0.3, 0.4) is 0 Å². The van der Waals surface area contributed by atoms with Gasteiger partial charge in [-0.3, -0.25) is 9.59 Å². The number of alkyl halides is 3. The van der Waals surface area contributed by atoms with Crippen LogP contribution < -0.4 is 14.8 Å². The molecule has 0 saturated carbocycles. The van der Waals surface area contributed by atoms with Crippen molar-refractivity contribution in [1.29, 1.82) is 0 Å². The van der Waals surface area contributed by atoms with Crippen LogP contribution in [-0.4, -0.2) is 48.3 Å².